The Kier molecular flexibility index (Phi) is 8.01. The van der Waals surface area contributed by atoms with E-state index < -0.39 is 22.0 Å². The summed E-state index contributed by atoms with van der Waals surface area (Å²) in [5.74, 6) is -0.456. The third-order valence-electron chi connectivity index (χ3n) is 4.66. The average Bonchev–Trinajstić information content (AvgIpc) is 2.80. The topological polar surface area (TPSA) is 108 Å². The zero-order chi connectivity index (χ0) is 23.2. The Morgan fingerprint density at radius 3 is 2.10 bits per heavy atom. The first kappa shape index (κ1) is 24.2. The van der Waals surface area contributed by atoms with Crippen LogP contribution in [0.25, 0.3) is 0 Å². The lowest BCUT2D eigenvalue weighted by molar-refractivity contribution is 0.0583. The number of hydrogen-bond donors (Lipinski definition) is 0. The molecule has 0 atom stereocenters. The van der Waals surface area contributed by atoms with Crippen molar-refractivity contribution in [1.82, 2.24) is 4.31 Å². The highest BCUT2D eigenvalue weighted by molar-refractivity contribution is 7.89. The van der Waals surface area contributed by atoms with Crippen molar-refractivity contribution in [2.45, 2.75) is 11.3 Å². The van der Waals surface area contributed by atoms with E-state index in [-0.39, 0.29) is 22.6 Å². The van der Waals surface area contributed by atoms with Crippen LogP contribution in [0.5, 0.6) is 11.5 Å². The van der Waals surface area contributed by atoms with E-state index in [0.717, 1.165) is 23.0 Å². The van der Waals surface area contributed by atoms with Gasteiger partial charge in [-0.1, -0.05) is 6.07 Å². The maximum Gasteiger partial charge on any atom is 0.339 e. The molecule has 31 heavy (non-hydrogen) atoms. The van der Waals surface area contributed by atoms with Crippen molar-refractivity contribution >= 4 is 22.0 Å². The molecule has 9 nitrogen and oxygen atoms in total. The number of hydrogen-bond acceptors (Lipinski definition) is 8. The lowest BCUT2D eigenvalue weighted by atomic mass is 10.1. The highest BCUT2D eigenvalue weighted by atomic mass is 32.2. The van der Waals surface area contributed by atoms with Crippen molar-refractivity contribution in [3.8, 4) is 11.5 Å². The summed E-state index contributed by atoms with van der Waals surface area (Å²) in [6.45, 7) is 0.112. The van der Waals surface area contributed by atoms with Gasteiger partial charge in [0.05, 0.1) is 44.5 Å². The standard InChI is InChI=1S/C21H25NO8S/c1-22(11-10-14-6-9-17(27-2)18(12-14)28-3)31(25,26)19-13-15(20(23)29-4)7-8-16(19)21(24)30-5/h6-9,12-13H,10-11H2,1-5H3. The van der Waals surface area contributed by atoms with Crippen molar-refractivity contribution in [2.24, 2.45) is 0 Å². The Balaban J connectivity index is 2.35. The molecule has 0 aliphatic carbocycles. The fourth-order valence-electron chi connectivity index (χ4n) is 2.87. The number of carbonyl (C=O) groups is 2. The lowest BCUT2D eigenvalue weighted by Crippen LogP contribution is -2.30. The highest BCUT2D eigenvalue weighted by Gasteiger charge is 2.28. The number of esters is 2. The van der Waals surface area contributed by atoms with Gasteiger partial charge in [-0.3, -0.25) is 0 Å². The number of sulfonamides is 1. The van der Waals surface area contributed by atoms with Crippen LogP contribution in [0.15, 0.2) is 41.3 Å². The fourth-order valence-corrected chi connectivity index (χ4v) is 4.24. The molecule has 2 aromatic rings. The van der Waals surface area contributed by atoms with Crippen LogP contribution in [-0.2, 0) is 25.9 Å². The molecule has 0 fully saturated rings. The minimum atomic E-state index is -4.12. The third-order valence-corrected chi connectivity index (χ3v) is 6.56. The maximum absolute atomic E-state index is 13.2. The number of rotatable bonds is 9. The van der Waals surface area contributed by atoms with Crippen molar-refractivity contribution in [3.63, 3.8) is 0 Å². The van der Waals surface area contributed by atoms with Crippen LogP contribution in [-0.4, -0.2) is 66.7 Å². The molecular weight excluding hydrogens is 426 g/mol. The number of benzene rings is 2. The van der Waals surface area contributed by atoms with Crippen molar-refractivity contribution < 1.29 is 37.0 Å². The van der Waals surface area contributed by atoms with E-state index in [9.17, 15) is 18.0 Å². The van der Waals surface area contributed by atoms with Gasteiger partial charge in [-0.15, -0.1) is 0 Å². The Labute approximate surface area is 181 Å². The van der Waals surface area contributed by atoms with Crippen LogP contribution >= 0.6 is 0 Å². The summed E-state index contributed by atoms with van der Waals surface area (Å²) in [7, 11) is 2.64. The van der Waals surface area contributed by atoms with Crippen molar-refractivity contribution in [3.05, 3.63) is 53.1 Å². The van der Waals surface area contributed by atoms with Crippen molar-refractivity contribution in [1.29, 1.82) is 0 Å². The summed E-state index contributed by atoms with van der Waals surface area (Å²) in [5, 5.41) is 0. The molecule has 0 aliphatic heterocycles. The summed E-state index contributed by atoms with van der Waals surface area (Å²) in [5.41, 5.74) is 0.659. The molecule has 168 valence electrons. The molecule has 2 aromatic carbocycles. The zero-order valence-corrected chi connectivity index (χ0v) is 18.8. The van der Waals surface area contributed by atoms with Crippen LogP contribution < -0.4 is 9.47 Å². The molecule has 2 rings (SSSR count). The van der Waals surface area contributed by atoms with Gasteiger partial charge in [0.1, 0.15) is 0 Å². The molecule has 0 N–H and O–H groups in total. The average molecular weight is 451 g/mol. The van der Waals surface area contributed by atoms with E-state index in [1.165, 1.54) is 40.5 Å². The van der Waals surface area contributed by atoms with E-state index >= 15 is 0 Å². The predicted molar refractivity (Wildman–Crippen MR) is 112 cm³/mol. The van der Waals surface area contributed by atoms with E-state index in [2.05, 4.69) is 4.74 Å². The second-order valence-corrected chi connectivity index (χ2v) is 8.47. The van der Waals surface area contributed by atoms with E-state index in [1.807, 2.05) is 0 Å². The first-order valence-corrected chi connectivity index (χ1v) is 10.6. The number of ether oxygens (including phenoxy) is 4. The van der Waals surface area contributed by atoms with Crippen LogP contribution in [0.1, 0.15) is 26.3 Å². The number of carbonyl (C=O) groups excluding carboxylic acids is 2. The second kappa shape index (κ2) is 10.3. The Hall–Kier alpha value is -3.11. The molecular formula is C21H25NO8S. The summed E-state index contributed by atoms with van der Waals surface area (Å²) >= 11 is 0. The van der Waals surface area contributed by atoms with Crippen LogP contribution in [0.3, 0.4) is 0 Å². The molecule has 0 aliphatic rings. The molecule has 0 heterocycles. The van der Waals surface area contributed by atoms with Gasteiger partial charge in [0.25, 0.3) is 0 Å². The minimum absolute atomic E-state index is 0.00187. The molecule has 0 saturated heterocycles. The fraction of sp³-hybridized carbons (Fsp3) is 0.333. The summed E-state index contributed by atoms with van der Waals surface area (Å²) in [6, 6.07) is 8.95. The van der Waals surface area contributed by atoms with E-state index in [4.69, 9.17) is 14.2 Å². The predicted octanol–water partition coefficient (Wildman–Crippen LogP) is 2.14. The molecule has 0 aromatic heterocycles. The van der Waals surface area contributed by atoms with Crippen LogP contribution in [0, 0.1) is 0 Å². The summed E-state index contributed by atoms with van der Waals surface area (Å²) in [6.07, 6.45) is 0.375. The monoisotopic (exact) mass is 451 g/mol. The number of likely N-dealkylation sites (N-methyl/N-ethyl adjacent to an activating group) is 1. The van der Waals surface area contributed by atoms with Gasteiger partial charge in [0.2, 0.25) is 10.0 Å². The summed E-state index contributed by atoms with van der Waals surface area (Å²) in [4.78, 5) is 23.6. The molecule has 0 bridgehead atoms. The van der Waals surface area contributed by atoms with Gasteiger partial charge < -0.3 is 18.9 Å². The van der Waals surface area contributed by atoms with Gasteiger partial charge >= 0.3 is 11.9 Å². The first-order chi connectivity index (χ1) is 14.7. The third kappa shape index (κ3) is 5.33. The van der Waals surface area contributed by atoms with Crippen molar-refractivity contribution in [2.75, 3.05) is 42.0 Å². The van der Waals surface area contributed by atoms with Gasteiger partial charge in [0, 0.05) is 13.6 Å². The maximum atomic E-state index is 13.2. The quantitative estimate of drug-likeness (QED) is 0.534. The molecule has 0 radical (unpaired) electrons. The van der Waals surface area contributed by atoms with Crippen LogP contribution in [0.2, 0.25) is 0 Å². The van der Waals surface area contributed by atoms with Gasteiger partial charge in [-0.05, 0) is 42.3 Å². The van der Waals surface area contributed by atoms with Gasteiger partial charge in [-0.25, -0.2) is 22.3 Å². The van der Waals surface area contributed by atoms with Gasteiger partial charge in [-0.2, -0.15) is 0 Å². The van der Waals surface area contributed by atoms with E-state index in [0.29, 0.717) is 17.9 Å². The van der Waals surface area contributed by atoms with E-state index in [1.54, 1.807) is 18.2 Å². The molecule has 0 amide bonds. The lowest BCUT2D eigenvalue weighted by Gasteiger charge is -2.19. The van der Waals surface area contributed by atoms with Crippen LogP contribution in [0.4, 0.5) is 0 Å². The first-order valence-electron chi connectivity index (χ1n) is 9.17. The highest BCUT2D eigenvalue weighted by Crippen LogP contribution is 2.28. The largest absolute Gasteiger partial charge is 0.493 e. The molecule has 0 spiro atoms. The van der Waals surface area contributed by atoms with Gasteiger partial charge in [0.15, 0.2) is 11.5 Å². The molecule has 10 heteroatoms. The molecule has 0 saturated carbocycles. The number of methoxy groups -OCH3 is 4. The Morgan fingerprint density at radius 1 is 0.871 bits per heavy atom. The Bertz CT molecular complexity index is 1070. The summed E-state index contributed by atoms with van der Waals surface area (Å²) < 4.78 is 47.3. The second-order valence-electron chi connectivity index (χ2n) is 6.46. The minimum Gasteiger partial charge on any atom is -0.493 e. The normalized spacial score (nSPS) is 11.2. The SMILES string of the molecule is COC(=O)c1ccc(C(=O)OC)c(S(=O)(=O)N(C)CCc2ccc(OC)c(OC)c2)c1. The smallest absolute Gasteiger partial charge is 0.339 e. The zero-order valence-electron chi connectivity index (χ0n) is 18.0. The molecule has 0 unspecified atom stereocenters. The Morgan fingerprint density at radius 2 is 1.52 bits per heavy atom. The number of nitrogens with zero attached hydrogens (tertiary/aromatic N) is 1.